The van der Waals surface area contributed by atoms with Crippen molar-refractivity contribution in [3.05, 3.63) is 29.8 Å². The Morgan fingerprint density at radius 3 is 2.23 bits per heavy atom. The average molecular weight is 869 g/mol. The summed E-state index contributed by atoms with van der Waals surface area (Å²) in [5, 5.41) is 78.7. The van der Waals surface area contributed by atoms with Crippen LogP contribution in [0.5, 0.6) is 0 Å². The fourth-order valence-corrected chi connectivity index (χ4v) is 9.92. The normalized spacial score (nSPS) is 44.0. The van der Waals surface area contributed by atoms with Crippen LogP contribution in [0.15, 0.2) is 24.3 Å². The molecule has 18 atom stereocenters. The van der Waals surface area contributed by atoms with E-state index in [2.05, 4.69) is 0 Å². The fourth-order valence-electron chi connectivity index (χ4n) is 9.92. The Hall–Kier alpha value is -1.81. The molecule has 3 fully saturated rings. The standard InChI is InChI=1S/C44H77BN2O14/c1-14-33-44(10,53)37(49)28(6)46(11)22-24(2)20-42(8,52)39(26(4)36(27(5)40(51)59-33)60-34-21-43(9,56-13)38(50)29(7)58-34)61-41-35(48)32(18-25(3)57-41)47(12)23-30-16-15-17-31(19-30)45(54)55/h15-17,19,24-29,32-39,41,48-50,52-55H,14,18,20-23H2,1-13H3/t24-,25-,26+,27-,28-,29+,32+,33-,34+,35-,36+,37-,38+,39-,41+,42-,43-,44-/m1/s1. The predicted molar refractivity (Wildman–Crippen MR) is 228 cm³/mol. The average Bonchev–Trinajstić information content (AvgIpc) is 3.19. The number of rotatable bonds is 10. The first kappa shape index (κ1) is 51.8. The van der Waals surface area contributed by atoms with Crippen molar-refractivity contribution >= 4 is 18.6 Å². The first-order valence-corrected chi connectivity index (χ1v) is 22.0. The van der Waals surface area contributed by atoms with Gasteiger partial charge in [0.05, 0.1) is 41.5 Å². The SMILES string of the molecule is CC[C@H]1OC(=O)[C@H](C)[C@@H](O[C@H]2C[C@@](C)(OC)[C@@H](O)[C@H](C)O2)[C@H](C)[C@@H](O[C@@H]2O[C@H](C)C[C@H](N(C)Cc3cccc(B(O)O)c3)[C@H]2O)[C@](C)(O)C[C@@H](C)CN(C)[C@H](C)[C@@H](O)[C@]1(C)O. The summed E-state index contributed by atoms with van der Waals surface area (Å²) in [6, 6.07) is 5.87. The zero-order valence-corrected chi connectivity index (χ0v) is 38.7. The number of cyclic esters (lactones) is 1. The largest absolute Gasteiger partial charge is 0.488 e. The number of likely N-dealkylation sites (N-methyl/N-ethyl adjacent to an activating group) is 2. The zero-order chi connectivity index (χ0) is 45.9. The molecule has 1 aromatic carbocycles. The van der Waals surface area contributed by atoms with Crippen LogP contribution in [0.4, 0.5) is 0 Å². The van der Waals surface area contributed by atoms with Gasteiger partial charge < -0.3 is 68.9 Å². The van der Waals surface area contributed by atoms with Gasteiger partial charge in [-0.1, -0.05) is 45.0 Å². The van der Waals surface area contributed by atoms with Crippen LogP contribution >= 0.6 is 0 Å². The van der Waals surface area contributed by atoms with Gasteiger partial charge in [0.25, 0.3) is 0 Å². The third-order valence-electron chi connectivity index (χ3n) is 13.8. The summed E-state index contributed by atoms with van der Waals surface area (Å²) < 4.78 is 38.0. The number of carbonyl (C=O) groups is 1. The Balaban J connectivity index is 1.79. The van der Waals surface area contributed by atoms with Crippen LogP contribution in [0, 0.1) is 17.8 Å². The number of aliphatic hydroxyl groups excluding tert-OH is 3. The molecule has 0 aliphatic carbocycles. The van der Waals surface area contributed by atoms with Crippen LogP contribution < -0.4 is 5.46 Å². The number of carbonyl (C=O) groups excluding carboxylic acids is 1. The lowest BCUT2D eigenvalue weighted by atomic mass is 9.77. The topological polar surface area (TPSA) is 221 Å². The molecule has 0 bridgehead atoms. The summed E-state index contributed by atoms with van der Waals surface area (Å²) >= 11 is 0. The van der Waals surface area contributed by atoms with Crippen molar-refractivity contribution in [1.82, 2.24) is 9.80 Å². The second-order valence-electron chi connectivity index (χ2n) is 19.2. The van der Waals surface area contributed by atoms with Gasteiger partial charge in [-0.2, -0.15) is 0 Å². The van der Waals surface area contributed by atoms with Crippen molar-refractivity contribution in [3.8, 4) is 0 Å². The molecule has 350 valence electrons. The minimum absolute atomic E-state index is 0.0950. The van der Waals surface area contributed by atoms with Crippen molar-refractivity contribution in [3.63, 3.8) is 0 Å². The molecule has 4 rings (SSSR count). The van der Waals surface area contributed by atoms with Crippen LogP contribution in [0.2, 0.25) is 0 Å². The van der Waals surface area contributed by atoms with Crippen LogP contribution in [0.1, 0.15) is 100 Å². The Morgan fingerprint density at radius 1 is 0.967 bits per heavy atom. The van der Waals surface area contributed by atoms with E-state index >= 15 is 0 Å². The van der Waals surface area contributed by atoms with Crippen molar-refractivity contribution in [2.45, 2.75) is 192 Å². The molecule has 0 aromatic heterocycles. The van der Waals surface area contributed by atoms with Gasteiger partial charge >= 0.3 is 13.1 Å². The number of methoxy groups -OCH3 is 1. The third-order valence-corrected chi connectivity index (χ3v) is 13.8. The van der Waals surface area contributed by atoms with Gasteiger partial charge in [0.1, 0.15) is 30.0 Å². The second kappa shape index (κ2) is 21.0. The van der Waals surface area contributed by atoms with Gasteiger partial charge in [-0.3, -0.25) is 9.69 Å². The number of esters is 1. The molecule has 1 aromatic rings. The summed E-state index contributed by atoms with van der Waals surface area (Å²) in [7, 11) is 3.55. The van der Waals surface area contributed by atoms with Crippen LogP contribution in [0.25, 0.3) is 0 Å². The molecule has 0 amide bonds. The monoisotopic (exact) mass is 869 g/mol. The van der Waals surface area contributed by atoms with E-state index in [4.69, 9.17) is 28.4 Å². The van der Waals surface area contributed by atoms with Crippen molar-refractivity contribution in [2.75, 3.05) is 27.7 Å². The molecular formula is C44H77BN2O14. The maximum Gasteiger partial charge on any atom is 0.488 e. The van der Waals surface area contributed by atoms with Gasteiger partial charge in [-0.25, -0.2) is 0 Å². The maximum absolute atomic E-state index is 14.4. The Kier molecular flexibility index (Phi) is 17.8. The Bertz CT molecular complexity index is 1560. The maximum atomic E-state index is 14.4. The molecule has 0 spiro atoms. The summed E-state index contributed by atoms with van der Waals surface area (Å²) in [6.45, 7) is 18.2. The molecule has 3 aliphatic heterocycles. The molecule has 61 heavy (non-hydrogen) atoms. The minimum atomic E-state index is -1.84. The number of hydrogen-bond donors (Lipinski definition) is 7. The fraction of sp³-hybridized carbons (Fsp3) is 0.841. The van der Waals surface area contributed by atoms with Gasteiger partial charge in [0.15, 0.2) is 12.6 Å². The molecule has 3 saturated heterocycles. The second-order valence-corrected chi connectivity index (χ2v) is 19.2. The van der Waals surface area contributed by atoms with Crippen molar-refractivity contribution < 1.29 is 68.8 Å². The van der Waals surface area contributed by atoms with E-state index in [1.165, 1.54) is 14.0 Å². The molecule has 3 aliphatic rings. The van der Waals surface area contributed by atoms with Crippen LogP contribution in [-0.4, -0.2) is 177 Å². The Morgan fingerprint density at radius 2 is 1.62 bits per heavy atom. The van der Waals surface area contributed by atoms with E-state index in [-0.39, 0.29) is 31.3 Å². The van der Waals surface area contributed by atoms with E-state index in [1.54, 1.807) is 66.7 Å². The molecule has 3 heterocycles. The summed E-state index contributed by atoms with van der Waals surface area (Å²) in [5.74, 6) is -2.81. The lowest BCUT2D eigenvalue weighted by Gasteiger charge is -2.49. The zero-order valence-electron chi connectivity index (χ0n) is 38.7. The van der Waals surface area contributed by atoms with Gasteiger partial charge in [0, 0.05) is 44.6 Å². The van der Waals surface area contributed by atoms with Gasteiger partial charge in [0.2, 0.25) is 0 Å². The minimum Gasteiger partial charge on any atom is -0.459 e. The summed E-state index contributed by atoms with van der Waals surface area (Å²) in [5.41, 5.74) is -3.38. The highest BCUT2D eigenvalue weighted by Crippen LogP contribution is 2.40. The van der Waals surface area contributed by atoms with Crippen molar-refractivity contribution in [2.24, 2.45) is 17.8 Å². The number of benzene rings is 1. The number of hydrogen-bond acceptors (Lipinski definition) is 16. The Labute approximate surface area is 363 Å². The predicted octanol–water partition coefficient (Wildman–Crippen LogP) is 1.15. The molecule has 0 unspecified atom stereocenters. The number of aliphatic hydroxyl groups is 5. The smallest absolute Gasteiger partial charge is 0.459 e. The quantitative estimate of drug-likeness (QED) is 0.130. The molecule has 7 N–H and O–H groups in total. The van der Waals surface area contributed by atoms with E-state index in [1.807, 2.05) is 43.8 Å². The summed E-state index contributed by atoms with van der Waals surface area (Å²) in [6.07, 6.45) is -9.24. The molecule has 0 radical (unpaired) electrons. The lowest BCUT2D eigenvalue weighted by Crippen LogP contribution is -2.60. The molecule has 16 nitrogen and oxygen atoms in total. The first-order valence-electron chi connectivity index (χ1n) is 22.0. The molecule has 17 heteroatoms. The highest BCUT2D eigenvalue weighted by molar-refractivity contribution is 6.58. The van der Waals surface area contributed by atoms with E-state index in [0.29, 0.717) is 25.0 Å². The number of ether oxygens (including phenoxy) is 6. The van der Waals surface area contributed by atoms with Gasteiger partial charge in [-0.05, 0) is 98.8 Å². The van der Waals surface area contributed by atoms with E-state index in [0.717, 1.165) is 5.56 Å². The third kappa shape index (κ3) is 12.1. The highest BCUT2D eigenvalue weighted by Gasteiger charge is 2.53. The van der Waals surface area contributed by atoms with E-state index < -0.39 is 109 Å². The van der Waals surface area contributed by atoms with Crippen LogP contribution in [0.3, 0.4) is 0 Å². The molecular weight excluding hydrogens is 791 g/mol. The molecule has 0 saturated carbocycles. The van der Waals surface area contributed by atoms with Gasteiger partial charge in [-0.15, -0.1) is 0 Å². The summed E-state index contributed by atoms with van der Waals surface area (Å²) in [4.78, 5) is 18.2. The first-order chi connectivity index (χ1) is 28.3. The van der Waals surface area contributed by atoms with Crippen LogP contribution in [-0.2, 0) is 39.8 Å². The highest BCUT2D eigenvalue weighted by atomic mass is 16.7. The number of nitrogens with zero attached hydrogens (tertiary/aromatic N) is 2. The lowest BCUT2D eigenvalue weighted by molar-refractivity contribution is -0.318. The van der Waals surface area contributed by atoms with Crippen molar-refractivity contribution in [1.29, 1.82) is 0 Å². The van der Waals surface area contributed by atoms with E-state index in [9.17, 15) is 40.4 Å².